The number of nitrogens with zero attached hydrogens (tertiary/aromatic N) is 2. The Balaban J connectivity index is 2.23. The number of anilines is 1. The van der Waals surface area contributed by atoms with E-state index in [9.17, 15) is 4.79 Å². The Morgan fingerprint density at radius 3 is 3.25 bits per heavy atom. The molecule has 88 valence electrons. The van der Waals surface area contributed by atoms with Crippen LogP contribution in [-0.4, -0.2) is 28.9 Å². The van der Waals surface area contributed by atoms with Crippen molar-refractivity contribution in [2.45, 2.75) is 12.8 Å². The predicted octanol–water partition coefficient (Wildman–Crippen LogP) is 1.83. The van der Waals surface area contributed by atoms with Crippen molar-refractivity contribution < 1.29 is 0 Å². The summed E-state index contributed by atoms with van der Waals surface area (Å²) in [6.07, 6.45) is 3.74. The second kappa shape index (κ2) is 5.35. The molecule has 1 aromatic rings. The molecule has 2 rings (SSSR count). The number of halogens is 2. The second-order valence-corrected chi connectivity index (χ2v) is 5.37. The lowest BCUT2D eigenvalue weighted by molar-refractivity contribution is 0.448. The Morgan fingerprint density at radius 2 is 2.50 bits per heavy atom. The molecule has 0 amide bonds. The molecule has 0 aromatic carbocycles. The minimum atomic E-state index is -0.0707. The fraction of sp³-hybridized carbons (Fsp3) is 0.600. The lowest BCUT2D eigenvalue weighted by atomic mass is 10.0. The molecule has 2 heterocycles. The molecule has 1 unspecified atom stereocenters. The lowest BCUT2D eigenvalue weighted by Crippen LogP contribution is -2.38. The largest absolute Gasteiger partial charge is 0.355 e. The van der Waals surface area contributed by atoms with Crippen molar-refractivity contribution in [1.29, 1.82) is 0 Å². The maximum Gasteiger partial charge on any atom is 0.266 e. The van der Waals surface area contributed by atoms with Crippen LogP contribution in [0.2, 0.25) is 0 Å². The Hall–Kier alpha value is -0.300. The number of hydrogen-bond acceptors (Lipinski definition) is 3. The van der Waals surface area contributed by atoms with Crippen LogP contribution in [0.5, 0.6) is 0 Å². The van der Waals surface area contributed by atoms with E-state index in [1.165, 1.54) is 12.7 Å². The molecular weight excluding hydrogens is 340 g/mol. The molecule has 0 spiro atoms. The normalized spacial score (nSPS) is 21.1. The molecule has 1 N–H and O–H groups in total. The minimum absolute atomic E-state index is 0.0707. The van der Waals surface area contributed by atoms with Gasteiger partial charge in [-0.3, -0.25) is 4.79 Å². The van der Waals surface area contributed by atoms with Crippen molar-refractivity contribution in [3.05, 3.63) is 20.3 Å². The van der Waals surface area contributed by atoms with E-state index in [0.29, 0.717) is 15.4 Å². The third kappa shape index (κ3) is 2.51. The Bertz CT molecular complexity index is 423. The number of aromatic nitrogens is 2. The fourth-order valence-corrected chi connectivity index (χ4v) is 2.87. The quantitative estimate of drug-likeness (QED) is 0.652. The first-order valence-electron chi connectivity index (χ1n) is 5.26. The van der Waals surface area contributed by atoms with Crippen LogP contribution in [0.15, 0.2) is 11.1 Å². The summed E-state index contributed by atoms with van der Waals surface area (Å²) in [6, 6.07) is 0. The topological polar surface area (TPSA) is 49.0 Å². The van der Waals surface area contributed by atoms with Crippen molar-refractivity contribution in [2.75, 3.05) is 23.9 Å². The van der Waals surface area contributed by atoms with Gasteiger partial charge < -0.3 is 9.88 Å². The molecule has 0 aliphatic carbocycles. The highest BCUT2D eigenvalue weighted by atomic mass is 127. The highest BCUT2D eigenvalue weighted by molar-refractivity contribution is 14.1. The monoisotopic (exact) mass is 353 g/mol. The van der Waals surface area contributed by atoms with E-state index in [1.807, 2.05) is 22.6 Å². The van der Waals surface area contributed by atoms with Gasteiger partial charge in [0, 0.05) is 19.0 Å². The van der Waals surface area contributed by atoms with E-state index in [0.717, 1.165) is 25.3 Å². The molecule has 1 aliphatic heterocycles. The van der Waals surface area contributed by atoms with Gasteiger partial charge in [-0.2, -0.15) is 0 Å². The summed E-state index contributed by atoms with van der Waals surface area (Å²) < 4.78 is 0.662. The van der Waals surface area contributed by atoms with Gasteiger partial charge in [-0.25, -0.2) is 4.98 Å². The van der Waals surface area contributed by atoms with Gasteiger partial charge in [-0.05, 0) is 41.4 Å². The molecule has 1 saturated heterocycles. The second-order valence-electron chi connectivity index (χ2n) is 3.98. The van der Waals surface area contributed by atoms with Crippen molar-refractivity contribution in [3.63, 3.8) is 0 Å². The Labute approximate surface area is 113 Å². The number of H-pyrrole nitrogens is 1. The number of piperidine rings is 1. The highest BCUT2D eigenvalue weighted by Crippen LogP contribution is 2.24. The van der Waals surface area contributed by atoms with E-state index in [2.05, 4.69) is 14.9 Å². The summed E-state index contributed by atoms with van der Waals surface area (Å²) >= 11 is 7.93. The molecule has 0 saturated carbocycles. The van der Waals surface area contributed by atoms with Gasteiger partial charge in [0.25, 0.3) is 5.56 Å². The van der Waals surface area contributed by atoms with Crippen molar-refractivity contribution >= 4 is 40.0 Å². The van der Waals surface area contributed by atoms with Crippen molar-refractivity contribution in [3.8, 4) is 0 Å². The molecule has 1 aromatic heterocycles. The number of hydrogen-bond donors (Lipinski definition) is 1. The SMILES string of the molecule is O=c1[nH]cnc(N2CCCC(CCl)C2)c1I. The van der Waals surface area contributed by atoms with Crippen LogP contribution in [0.3, 0.4) is 0 Å². The summed E-state index contributed by atoms with van der Waals surface area (Å²) in [5.41, 5.74) is -0.0707. The zero-order valence-corrected chi connectivity index (χ0v) is 11.7. The van der Waals surface area contributed by atoms with Gasteiger partial charge in [0.2, 0.25) is 0 Å². The van der Waals surface area contributed by atoms with Crippen LogP contribution >= 0.6 is 34.2 Å². The molecule has 1 atom stereocenters. The van der Waals surface area contributed by atoms with Gasteiger partial charge in [0.1, 0.15) is 9.39 Å². The van der Waals surface area contributed by atoms with Gasteiger partial charge in [-0.15, -0.1) is 11.6 Å². The van der Waals surface area contributed by atoms with E-state index >= 15 is 0 Å². The van der Waals surface area contributed by atoms with Crippen LogP contribution < -0.4 is 10.5 Å². The predicted molar refractivity (Wildman–Crippen MR) is 73.2 cm³/mol. The standard InChI is InChI=1S/C10H13ClIN3O/c11-4-7-2-1-3-15(5-7)9-8(12)10(16)14-6-13-9/h6-7H,1-5H2,(H,13,14,16). The average molecular weight is 354 g/mol. The summed E-state index contributed by atoms with van der Waals surface area (Å²) in [7, 11) is 0. The Morgan fingerprint density at radius 1 is 1.69 bits per heavy atom. The van der Waals surface area contributed by atoms with Gasteiger partial charge >= 0.3 is 0 Å². The van der Waals surface area contributed by atoms with Crippen molar-refractivity contribution in [1.82, 2.24) is 9.97 Å². The average Bonchev–Trinajstić information content (AvgIpc) is 2.33. The Kier molecular flexibility index (Phi) is 4.07. The molecule has 1 fully saturated rings. The zero-order chi connectivity index (χ0) is 11.5. The molecule has 0 radical (unpaired) electrons. The van der Waals surface area contributed by atoms with Gasteiger partial charge in [-0.1, -0.05) is 0 Å². The van der Waals surface area contributed by atoms with Crippen LogP contribution in [0.25, 0.3) is 0 Å². The van der Waals surface area contributed by atoms with Crippen LogP contribution in [0.4, 0.5) is 5.82 Å². The third-order valence-corrected chi connectivity index (χ3v) is 4.22. The minimum Gasteiger partial charge on any atom is -0.355 e. The molecule has 6 heteroatoms. The van der Waals surface area contributed by atoms with E-state index < -0.39 is 0 Å². The molecule has 1 aliphatic rings. The number of aromatic amines is 1. The summed E-state index contributed by atoms with van der Waals surface area (Å²) in [4.78, 5) is 20.5. The van der Waals surface area contributed by atoms with E-state index in [-0.39, 0.29) is 5.56 Å². The molecular formula is C10H13ClIN3O. The first kappa shape index (κ1) is 12.2. The zero-order valence-electron chi connectivity index (χ0n) is 8.75. The first-order valence-corrected chi connectivity index (χ1v) is 6.87. The third-order valence-electron chi connectivity index (χ3n) is 2.81. The molecule has 16 heavy (non-hydrogen) atoms. The van der Waals surface area contributed by atoms with E-state index in [4.69, 9.17) is 11.6 Å². The molecule has 0 bridgehead atoms. The van der Waals surface area contributed by atoms with E-state index in [1.54, 1.807) is 0 Å². The van der Waals surface area contributed by atoms with Crippen molar-refractivity contribution in [2.24, 2.45) is 5.92 Å². The maximum absolute atomic E-state index is 11.5. The summed E-state index contributed by atoms with van der Waals surface area (Å²) in [5, 5.41) is 0. The number of alkyl halides is 1. The smallest absolute Gasteiger partial charge is 0.266 e. The molecule has 4 nitrogen and oxygen atoms in total. The number of rotatable bonds is 2. The first-order chi connectivity index (χ1) is 7.72. The number of nitrogens with one attached hydrogen (secondary N) is 1. The fourth-order valence-electron chi connectivity index (χ4n) is 1.98. The maximum atomic E-state index is 11.5. The highest BCUT2D eigenvalue weighted by Gasteiger charge is 2.22. The van der Waals surface area contributed by atoms with Gasteiger partial charge in [0.15, 0.2) is 0 Å². The summed E-state index contributed by atoms with van der Waals surface area (Å²) in [6.45, 7) is 1.86. The van der Waals surface area contributed by atoms with Gasteiger partial charge in [0.05, 0.1) is 6.33 Å². The van der Waals surface area contributed by atoms with Crippen LogP contribution in [-0.2, 0) is 0 Å². The summed E-state index contributed by atoms with van der Waals surface area (Å²) in [5.74, 6) is 1.97. The van der Waals surface area contributed by atoms with Crippen LogP contribution in [0.1, 0.15) is 12.8 Å². The lowest BCUT2D eigenvalue weighted by Gasteiger charge is -2.32. The van der Waals surface area contributed by atoms with Crippen LogP contribution in [0, 0.1) is 9.49 Å².